The Morgan fingerprint density at radius 2 is 1.86 bits per heavy atom. The highest BCUT2D eigenvalue weighted by Gasteiger charge is 2.34. The molecule has 1 aliphatic rings. The van der Waals surface area contributed by atoms with Gasteiger partial charge in [0.25, 0.3) is 0 Å². The topological polar surface area (TPSA) is 37.4 Å². The summed E-state index contributed by atoms with van der Waals surface area (Å²) < 4.78 is 27.4. The van der Waals surface area contributed by atoms with Crippen LogP contribution in [0.1, 0.15) is 38.2 Å². The van der Waals surface area contributed by atoms with E-state index in [1.807, 2.05) is 6.92 Å². The van der Waals surface area contributed by atoms with Crippen molar-refractivity contribution >= 4 is 44.8 Å². The number of hydrogen-bond donors (Lipinski definition) is 0. The van der Waals surface area contributed by atoms with Crippen molar-refractivity contribution in [2.45, 2.75) is 49.4 Å². The van der Waals surface area contributed by atoms with Crippen LogP contribution in [0.25, 0.3) is 0 Å². The van der Waals surface area contributed by atoms with Crippen molar-refractivity contribution in [3.05, 3.63) is 27.7 Å². The van der Waals surface area contributed by atoms with E-state index >= 15 is 0 Å². The lowest BCUT2D eigenvalue weighted by Crippen LogP contribution is -2.38. The zero-order valence-electron chi connectivity index (χ0n) is 11.8. The molecular formula is C14H18Cl3NO2S. The molecule has 0 bridgehead atoms. The van der Waals surface area contributed by atoms with Crippen LogP contribution in [0.3, 0.4) is 0 Å². The number of alkyl halides is 1. The average molecular weight is 371 g/mol. The van der Waals surface area contributed by atoms with E-state index in [2.05, 4.69) is 0 Å². The molecule has 118 valence electrons. The van der Waals surface area contributed by atoms with Crippen molar-refractivity contribution < 1.29 is 8.42 Å². The van der Waals surface area contributed by atoms with Gasteiger partial charge in [0.1, 0.15) is 4.90 Å². The van der Waals surface area contributed by atoms with Crippen molar-refractivity contribution in [2.24, 2.45) is 0 Å². The number of hydrogen-bond acceptors (Lipinski definition) is 2. The predicted octanol–water partition coefficient (Wildman–Crippen LogP) is 4.69. The Hall–Kier alpha value is -0.000000000000000167. The summed E-state index contributed by atoms with van der Waals surface area (Å²) in [5.41, 5.74) is 0.462. The van der Waals surface area contributed by atoms with E-state index in [1.54, 1.807) is 10.4 Å². The zero-order valence-corrected chi connectivity index (χ0v) is 14.9. The third-order valence-corrected chi connectivity index (χ3v) is 7.15. The highest BCUT2D eigenvalue weighted by atomic mass is 35.5. The maximum atomic E-state index is 12.9. The highest BCUT2D eigenvalue weighted by Crippen LogP contribution is 2.36. The zero-order chi connectivity index (χ0) is 15.6. The Morgan fingerprint density at radius 3 is 2.38 bits per heavy atom. The van der Waals surface area contributed by atoms with Gasteiger partial charge in [0.2, 0.25) is 10.0 Å². The normalized spacial score (nSPS) is 16.8. The summed E-state index contributed by atoms with van der Waals surface area (Å²) in [6.07, 6.45) is 3.94. The van der Waals surface area contributed by atoms with Crippen molar-refractivity contribution in [3.63, 3.8) is 0 Å². The number of rotatable bonds is 5. The Balaban J connectivity index is 2.47. The summed E-state index contributed by atoms with van der Waals surface area (Å²) in [7, 11) is -3.63. The van der Waals surface area contributed by atoms with Gasteiger partial charge in [-0.2, -0.15) is 4.31 Å². The lowest BCUT2D eigenvalue weighted by molar-refractivity contribution is 0.335. The van der Waals surface area contributed by atoms with Crippen molar-refractivity contribution in [2.75, 3.05) is 6.54 Å². The van der Waals surface area contributed by atoms with Crippen molar-refractivity contribution in [1.29, 1.82) is 0 Å². The van der Waals surface area contributed by atoms with Crippen molar-refractivity contribution in [1.82, 2.24) is 4.31 Å². The second-order valence-electron chi connectivity index (χ2n) is 5.12. The summed E-state index contributed by atoms with van der Waals surface area (Å²) in [5, 5.41) is 0.520. The van der Waals surface area contributed by atoms with Gasteiger partial charge in [0.05, 0.1) is 10.9 Å². The van der Waals surface area contributed by atoms with Gasteiger partial charge in [0, 0.05) is 23.2 Å². The molecule has 0 heterocycles. The molecule has 3 nitrogen and oxygen atoms in total. The van der Waals surface area contributed by atoms with Crippen LogP contribution < -0.4 is 0 Å². The SMILES string of the molecule is CCN(C1CCCC1)S(=O)(=O)c1ccc(Cl)c(CCl)c1Cl. The Bertz CT molecular complexity index is 613. The largest absolute Gasteiger partial charge is 0.244 e. The van der Waals surface area contributed by atoms with Gasteiger partial charge in [-0.25, -0.2) is 8.42 Å². The molecule has 0 aromatic heterocycles. The number of benzene rings is 1. The lowest BCUT2D eigenvalue weighted by atomic mass is 10.2. The van der Waals surface area contributed by atoms with Crippen LogP contribution in [-0.2, 0) is 15.9 Å². The van der Waals surface area contributed by atoms with E-state index in [1.165, 1.54) is 6.07 Å². The summed E-state index contributed by atoms with van der Waals surface area (Å²) in [5.74, 6) is 0.0799. The molecule has 0 unspecified atom stereocenters. The molecule has 1 aliphatic carbocycles. The third-order valence-electron chi connectivity index (χ3n) is 3.91. The van der Waals surface area contributed by atoms with E-state index in [0.29, 0.717) is 17.1 Å². The summed E-state index contributed by atoms with van der Waals surface area (Å²) in [6.45, 7) is 2.28. The fourth-order valence-corrected chi connectivity index (χ4v) is 5.84. The quantitative estimate of drug-likeness (QED) is 0.705. The fourth-order valence-electron chi connectivity index (χ4n) is 2.84. The lowest BCUT2D eigenvalue weighted by Gasteiger charge is -2.27. The molecule has 0 radical (unpaired) electrons. The van der Waals surface area contributed by atoms with Crippen LogP contribution in [0.4, 0.5) is 0 Å². The van der Waals surface area contributed by atoms with Gasteiger partial charge in [-0.3, -0.25) is 0 Å². The number of nitrogens with zero attached hydrogens (tertiary/aromatic N) is 1. The average Bonchev–Trinajstić information content (AvgIpc) is 2.93. The van der Waals surface area contributed by atoms with Crippen LogP contribution >= 0.6 is 34.8 Å². The first-order valence-electron chi connectivity index (χ1n) is 6.98. The van der Waals surface area contributed by atoms with E-state index in [4.69, 9.17) is 34.8 Å². The third kappa shape index (κ3) is 3.35. The van der Waals surface area contributed by atoms with E-state index in [-0.39, 0.29) is 21.8 Å². The molecule has 1 aromatic rings. The van der Waals surface area contributed by atoms with Crippen LogP contribution in [0.5, 0.6) is 0 Å². The van der Waals surface area contributed by atoms with Gasteiger partial charge >= 0.3 is 0 Å². The molecule has 2 rings (SSSR count). The first kappa shape index (κ1) is 17.4. The highest BCUT2D eigenvalue weighted by molar-refractivity contribution is 7.89. The molecule has 0 atom stereocenters. The molecule has 0 saturated heterocycles. The molecule has 7 heteroatoms. The number of sulfonamides is 1. The van der Waals surface area contributed by atoms with E-state index in [0.717, 1.165) is 25.7 Å². The second-order valence-corrected chi connectivity index (χ2v) is 8.03. The second kappa shape index (κ2) is 7.05. The molecule has 1 saturated carbocycles. The molecule has 0 amide bonds. The summed E-state index contributed by atoms with van der Waals surface area (Å²) >= 11 is 18.1. The first-order valence-corrected chi connectivity index (χ1v) is 9.71. The van der Waals surface area contributed by atoms with Gasteiger partial charge in [-0.1, -0.05) is 43.0 Å². The van der Waals surface area contributed by atoms with Crippen LogP contribution in [0, 0.1) is 0 Å². The molecule has 0 N–H and O–H groups in total. The van der Waals surface area contributed by atoms with Crippen LogP contribution in [0.15, 0.2) is 17.0 Å². The van der Waals surface area contributed by atoms with Gasteiger partial charge in [0.15, 0.2) is 0 Å². The molecule has 1 fully saturated rings. The van der Waals surface area contributed by atoms with Gasteiger partial charge < -0.3 is 0 Å². The van der Waals surface area contributed by atoms with Crippen LogP contribution in [0.2, 0.25) is 10.0 Å². The molecule has 0 aliphatic heterocycles. The minimum absolute atomic E-state index is 0.0613. The fraction of sp³-hybridized carbons (Fsp3) is 0.571. The monoisotopic (exact) mass is 369 g/mol. The number of halogens is 3. The first-order chi connectivity index (χ1) is 9.93. The standard InChI is InChI=1S/C14H18Cl3NO2S/c1-2-18(10-5-3-4-6-10)21(19,20)13-8-7-12(16)11(9-15)14(13)17/h7-8,10H,2-6,9H2,1H3. The predicted molar refractivity (Wildman–Crippen MR) is 87.8 cm³/mol. The Kier molecular flexibility index (Phi) is 5.83. The van der Waals surface area contributed by atoms with E-state index in [9.17, 15) is 8.42 Å². The van der Waals surface area contributed by atoms with Crippen LogP contribution in [-0.4, -0.2) is 25.3 Å². The Labute approximate surface area is 141 Å². The van der Waals surface area contributed by atoms with Crippen molar-refractivity contribution in [3.8, 4) is 0 Å². The van der Waals surface area contributed by atoms with E-state index < -0.39 is 10.0 Å². The maximum absolute atomic E-state index is 12.9. The minimum Gasteiger partial charge on any atom is -0.207 e. The molecule has 21 heavy (non-hydrogen) atoms. The minimum atomic E-state index is -3.63. The summed E-state index contributed by atoms with van der Waals surface area (Å²) in [4.78, 5) is 0.0953. The summed E-state index contributed by atoms with van der Waals surface area (Å²) in [6, 6.07) is 3.07. The molecule has 0 spiro atoms. The van der Waals surface area contributed by atoms with Gasteiger partial charge in [-0.05, 0) is 25.0 Å². The molecule has 1 aromatic carbocycles. The maximum Gasteiger partial charge on any atom is 0.244 e. The Morgan fingerprint density at radius 1 is 1.24 bits per heavy atom. The smallest absolute Gasteiger partial charge is 0.207 e. The molecular weight excluding hydrogens is 353 g/mol. The van der Waals surface area contributed by atoms with Gasteiger partial charge in [-0.15, -0.1) is 11.6 Å².